The Balaban J connectivity index is 1.68. The minimum absolute atomic E-state index is 0.130. The zero-order chi connectivity index (χ0) is 17.4. The lowest BCUT2D eigenvalue weighted by Gasteiger charge is -2.11. The van der Waals surface area contributed by atoms with Gasteiger partial charge in [0.2, 0.25) is 10.0 Å². The van der Waals surface area contributed by atoms with E-state index in [1.54, 1.807) is 0 Å². The van der Waals surface area contributed by atoms with Crippen LogP contribution in [0.2, 0.25) is 0 Å². The van der Waals surface area contributed by atoms with Crippen molar-refractivity contribution in [3.63, 3.8) is 0 Å². The van der Waals surface area contributed by atoms with Crippen molar-refractivity contribution < 1.29 is 13.2 Å². The van der Waals surface area contributed by atoms with Crippen LogP contribution in [0.3, 0.4) is 0 Å². The van der Waals surface area contributed by atoms with Crippen LogP contribution in [0.5, 0.6) is 5.75 Å². The molecule has 1 N–H and O–H groups in total. The number of nitrogens with one attached hydrogen (secondary N) is 1. The SMILES string of the molecule is Cc1ccc(OCCNS(=O)(=O)CCCc2ccccc2)c(C)c1. The summed E-state index contributed by atoms with van der Waals surface area (Å²) in [6.07, 6.45) is 1.37. The number of rotatable bonds is 9. The third-order valence-corrected chi connectivity index (χ3v) is 5.20. The van der Waals surface area contributed by atoms with Gasteiger partial charge in [-0.25, -0.2) is 13.1 Å². The van der Waals surface area contributed by atoms with Crippen molar-refractivity contribution in [1.29, 1.82) is 0 Å². The Kier molecular flexibility index (Phi) is 6.82. The molecular formula is C19H25NO3S. The van der Waals surface area contributed by atoms with Gasteiger partial charge >= 0.3 is 0 Å². The Hall–Kier alpha value is -1.85. The summed E-state index contributed by atoms with van der Waals surface area (Å²) in [5, 5.41) is 0. The van der Waals surface area contributed by atoms with Crippen LogP contribution in [-0.4, -0.2) is 27.3 Å². The molecule has 0 saturated heterocycles. The van der Waals surface area contributed by atoms with Crippen molar-refractivity contribution in [2.75, 3.05) is 18.9 Å². The lowest BCUT2D eigenvalue weighted by Crippen LogP contribution is -2.30. The van der Waals surface area contributed by atoms with E-state index in [0.717, 1.165) is 23.3 Å². The maximum absolute atomic E-state index is 12.0. The Morgan fingerprint density at radius 2 is 1.79 bits per heavy atom. The average molecular weight is 347 g/mol. The second-order valence-electron chi connectivity index (χ2n) is 5.92. The fraction of sp³-hybridized carbons (Fsp3) is 0.368. The van der Waals surface area contributed by atoms with Gasteiger partial charge in [0.15, 0.2) is 0 Å². The molecule has 0 aliphatic rings. The zero-order valence-electron chi connectivity index (χ0n) is 14.3. The highest BCUT2D eigenvalue weighted by atomic mass is 32.2. The Bertz CT molecular complexity index is 742. The molecule has 0 atom stereocenters. The molecule has 0 saturated carbocycles. The molecule has 0 amide bonds. The predicted octanol–water partition coefficient (Wildman–Crippen LogP) is 3.23. The van der Waals surface area contributed by atoms with Crippen molar-refractivity contribution in [2.45, 2.75) is 26.7 Å². The fourth-order valence-electron chi connectivity index (χ4n) is 2.50. The number of aryl methyl sites for hydroxylation is 3. The van der Waals surface area contributed by atoms with Crippen LogP contribution in [0.15, 0.2) is 48.5 Å². The number of hydrogen-bond acceptors (Lipinski definition) is 3. The topological polar surface area (TPSA) is 55.4 Å². The van der Waals surface area contributed by atoms with Crippen LogP contribution in [0.1, 0.15) is 23.1 Å². The van der Waals surface area contributed by atoms with Crippen molar-refractivity contribution in [3.05, 3.63) is 65.2 Å². The second kappa shape index (κ2) is 8.85. The van der Waals surface area contributed by atoms with E-state index in [2.05, 4.69) is 4.72 Å². The molecule has 0 fully saturated rings. The average Bonchev–Trinajstić information content (AvgIpc) is 2.54. The van der Waals surface area contributed by atoms with E-state index in [0.29, 0.717) is 13.0 Å². The summed E-state index contributed by atoms with van der Waals surface area (Å²) < 4.78 is 32.2. The standard InChI is InChI=1S/C19H25NO3S/c1-16-10-11-19(17(2)15-16)23-13-12-20-24(21,22)14-6-9-18-7-4-3-5-8-18/h3-5,7-8,10-11,15,20H,6,9,12-14H2,1-2H3. The second-order valence-corrected chi connectivity index (χ2v) is 7.85. The molecule has 5 heteroatoms. The summed E-state index contributed by atoms with van der Waals surface area (Å²) in [6.45, 7) is 4.61. The molecule has 0 bridgehead atoms. The predicted molar refractivity (Wildman–Crippen MR) is 98.0 cm³/mol. The van der Waals surface area contributed by atoms with E-state index in [4.69, 9.17) is 4.74 Å². The third-order valence-electron chi connectivity index (χ3n) is 3.73. The Morgan fingerprint density at radius 3 is 2.50 bits per heavy atom. The fourth-order valence-corrected chi connectivity index (χ4v) is 3.57. The molecule has 0 aromatic heterocycles. The molecule has 0 aliphatic carbocycles. The van der Waals surface area contributed by atoms with E-state index in [9.17, 15) is 8.42 Å². The minimum Gasteiger partial charge on any atom is -0.492 e. The third kappa shape index (κ3) is 6.34. The van der Waals surface area contributed by atoms with Crippen molar-refractivity contribution in [1.82, 2.24) is 4.72 Å². The summed E-state index contributed by atoms with van der Waals surface area (Å²) in [6, 6.07) is 15.9. The number of hydrogen-bond donors (Lipinski definition) is 1. The summed E-state index contributed by atoms with van der Waals surface area (Å²) in [7, 11) is -3.25. The van der Waals surface area contributed by atoms with E-state index in [1.165, 1.54) is 5.56 Å². The molecule has 24 heavy (non-hydrogen) atoms. The molecule has 0 heterocycles. The molecule has 2 aromatic rings. The monoisotopic (exact) mass is 347 g/mol. The molecule has 0 spiro atoms. The lowest BCUT2D eigenvalue weighted by molar-refractivity contribution is 0.320. The summed E-state index contributed by atoms with van der Waals surface area (Å²) >= 11 is 0. The molecule has 4 nitrogen and oxygen atoms in total. The van der Waals surface area contributed by atoms with E-state index in [-0.39, 0.29) is 12.3 Å². The quantitative estimate of drug-likeness (QED) is 0.709. The van der Waals surface area contributed by atoms with Gasteiger partial charge in [-0.15, -0.1) is 0 Å². The van der Waals surface area contributed by atoms with Crippen LogP contribution in [-0.2, 0) is 16.4 Å². The highest BCUT2D eigenvalue weighted by Gasteiger charge is 2.09. The Morgan fingerprint density at radius 1 is 1.04 bits per heavy atom. The minimum atomic E-state index is -3.25. The lowest BCUT2D eigenvalue weighted by atomic mass is 10.1. The maximum Gasteiger partial charge on any atom is 0.211 e. The first-order valence-corrected chi connectivity index (χ1v) is 9.83. The van der Waals surface area contributed by atoms with Crippen LogP contribution < -0.4 is 9.46 Å². The maximum atomic E-state index is 12.0. The first kappa shape index (κ1) is 18.5. The van der Waals surface area contributed by atoms with Gasteiger partial charge in [-0.05, 0) is 43.9 Å². The molecule has 2 rings (SSSR count). The summed E-state index contributed by atoms with van der Waals surface area (Å²) in [5.41, 5.74) is 3.39. The molecular weight excluding hydrogens is 322 g/mol. The van der Waals surface area contributed by atoms with Crippen molar-refractivity contribution in [3.8, 4) is 5.75 Å². The number of ether oxygens (including phenoxy) is 1. The molecule has 0 aliphatic heterocycles. The molecule has 0 unspecified atom stereocenters. The van der Waals surface area contributed by atoms with Gasteiger partial charge in [-0.1, -0.05) is 48.0 Å². The van der Waals surface area contributed by atoms with Crippen LogP contribution in [0.25, 0.3) is 0 Å². The highest BCUT2D eigenvalue weighted by molar-refractivity contribution is 7.89. The summed E-state index contributed by atoms with van der Waals surface area (Å²) in [4.78, 5) is 0. The Labute approximate surface area is 144 Å². The normalized spacial score (nSPS) is 11.4. The van der Waals surface area contributed by atoms with Gasteiger partial charge in [0.1, 0.15) is 12.4 Å². The van der Waals surface area contributed by atoms with Crippen molar-refractivity contribution >= 4 is 10.0 Å². The largest absolute Gasteiger partial charge is 0.492 e. The van der Waals surface area contributed by atoms with E-state index >= 15 is 0 Å². The van der Waals surface area contributed by atoms with Gasteiger partial charge in [0.05, 0.1) is 5.75 Å². The number of sulfonamides is 1. The number of benzene rings is 2. The highest BCUT2D eigenvalue weighted by Crippen LogP contribution is 2.18. The van der Waals surface area contributed by atoms with Gasteiger partial charge < -0.3 is 4.74 Å². The van der Waals surface area contributed by atoms with E-state index in [1.807, 2.05) is 62.4 Å². The van der Waals surface area contributed by atoms with Crippen LogP contribution >= 0.6 is 0 Å². The molecule has 0 radical (unpaired) electrons. The zero-order valence-corrected chi connectivity index (χ0v) is 15.1. The van der Waals surface area contributed by atoms with E-state index < -0.39 is 10.0 Å². The molecule has 130 valence electrons. The molecule has 2 aromatic carbocycles. The van der Waals surface area contributed by atoms with Gasteiger partial charge in [-0.2, -0.15) is 0 Å². The van der Waals surface area contributed by atoms with Crippen molar-refractivity contribution in [2.24, 2.45) is 0 Å². The summed E-state index contributed by atoms with van der Waals surface area (Å²) in [5.74, 6) is 0.926. The van der Waals surface area contributed by atoms with Gasteiger partial charge in [-0.3, -0.25) is 0 Å². The van der Waals surface area contributed by atoms with Gasteiger partial charge in [0, 0.05) is 6.54 Å². The van der Waals surface area contributed by atoms with Crippen LogP contribution in [0.4, 0.5) is 0 Å². The smallest absolute Gasteiger partial charge is 0.211 e. The first-order valence-electron chi connectivity index (χ1n) is 8.17. The van der Waals surface area contributed by atoms with Gasteiger partial charge in [0.25, 0.3) is 0 Å². The first-order chi connectivity index (χ1) is 11.5. The van der Waals surface area contributed by atoms with Crippen LogP contribution in [0, 0.1) is 13.8 Å².